The normalized spacial score (nSPS) is 13.1. The second kappa shape index (κ2) is 12.0. The van der Waals surface area contributed by atoms with E-state index >= 15 is 0 Å². The molecule has 39 heavy (non-hydrogen) atoms. The zero-order chi connectivity index (χ0) is 28.1. The molecule has 1 aliphatic rings. The van der Waals surface area contributed by atoms with E-state index in [1.54, 1.807) is 37.3 Å². The first-order valence-corrected chi connectivity index (χ1v) is 13.0. The van der Waals surface area contributed by atoms with Gasteiger partial charge in [0.2, 0.25) is 0 Å². The summed E-state index contributed by atoms with van der Waals surface area (Å²) in [5.74, 6) is -2.30. The lowest BCUT2D eigenvalue weighted by atomic mass is 10.0. The molecule has 0 unspecified atom stereocenters. The molecule has 200 valence electrons. The maximum absolute atomic E-state index is 13.2. The van der Waals surface area contributed by atoms with E-state index in [2.05, 4.69) is 10.6 Å². The van der Waals surface area contributed by atoms with Gasteiger partial charge in [-0.25, -0.2) is 9.69 Å². The van der Waals surface area contributed by atoms with Crippen LogP contribution in [0.15, 0.2) is 77.5 Å². The first-order valence-electron chi connectivity index (χ1n) is 12.6. The SMILES string of the molecule is CCOC(=O)c1cccc(N2C(=O)C(Cl)=C(Nc3cccc(C(=O)Nc4c(CC)cccc4CC)c3)C2=O)c1. The highest BCUT2D eigenvalue weighted by Gasteiger charge is 2.39. The number of esters is 1. The Kier molecular flexibility index (Phi) is 8.46. The summed E-state index contributed by atoms with van der Waals surface area (Å²) in [7, 11) is 0. The molecular formula is C30H28ClN3O5. The number of ether oxygens (including phenoxy) is 1. The number of aryl methyl sites for hydroxylation is 2. The number of para-hydroxylation sites is 1. The Hall–Kier alpha value is -4.43. The van der Waals surface area contributed by atoms with E-state index in [-0.39, 0.29) is 34.5 Å². The van der Waals surface area contributed by atoms with Crippen molar-refractivity contribution in [2.75, 3.05) is 22.1 Å². The molecule has 9 heteroatoms. The van der Waals surface area contributed by atoms with E-state index in [9.17, 15) is 19.2 Å². The molecule has 2 N–H and O–H groups in total. The van der Waals surface area contributed by atoms with Gasteiger partial charge in [0.15, 0.2) is 0 Å². The molecule has 0 saturated carbocycles. The Morgan fingerprint density at radius 2 is 1.49 bits per heavy atom. The number of carbonyl (C=O) groups excluding carboxylic acids is 4. The van der Waals surface area contributed by atoms with Crippen LogP contribution in [0.1, 0.15) is 52.6 Å². The number of carbonyl (C=O) groups is 4. The lowest BCUT2D eigenvalue weighted by molar-refractivity contribution is -0.120. The Morgan fingerprint density at radius 1 is 0.846 bits per heavy atom. The van der Waals surface area contributed by atoms with Crippen molar-refractivity contribution in [2.45, 2.75) is 33.6 Å². The number of hydrogen-bond acceptors (Lipinski definition) is 6. The van der Waals surface area contributed by atoms with Crippen LogP contribution in [0.4, 0.5) is 17.1 Å². The molecule has 0 aliphatic carbocycles. The summed E-state index contributed by atoms with van der Waals surface area (Å²) in [5, 5.41) is 5.61. The van der Waals surface area contributed by atoms with Crippen LogP contribution < -0.4 is 15.5 Å². The maximum Gasteiger partial charge on any atom is 0.338 e. The highest BCUT2D eigenvalue weighted by atomic mass is 35.5. The van der Waals surface area contributed by atoms with E-state index in [0.29, 0.717) is 11.3 Å². The van der Waals surface area contributed by atoms with E-state index in [1.807, 2.05) is 32.0 Å². The average Bonchev–Trinajstić information content (AvgIpc) is 3.16. The number of rotatable bonds is 9. The van der Waals surface area contributed by atoms with Gasteiger partial charge >= 0.3 is 5.97 Å². The minimum atomic E-state index is -0.734. The summed E-state index contributed by atoms with van der Waals surface area (Å²) < 4.78 is 5.01. The zero-order valence-corrected chi connectivity index (χ0v) is 22.6. The van der Waals surface area contributed by atoms with Gasteiger partial charge in [-0.3, -0.25) is 14.4 Å². The van der Waals surface area contributed by atoms with Gasteiger partial charge in [0.05, 0.1) is 17.9 Å². The molecule has 1 heterocycles. The summed E-state index contributed by atoms with van der Waals surface area (Å²) in [6.45, 7) is 5.93. The molecule has 4 rings (SSSR count). The van der Waals surface area contributed by atoms with Gasteiger partial charge in [0, 0.05) is 16.9 Å². The van der Waals surface area contributed by atoms with Crippen LogP contribution in [0.3, 0.4) is 0 Å². The summed E-state index contributed by atoms with van der Waals surface area (Å²) in [6.07, 6.45) is 1.54. The van der Waals surface area contributed by atoms with Crippen LogP contribution in [-0.4, -0.2) is 30.3 Å². The van der Waals surface area contributed by atoms with Gasteiger partial charge in [-0.2, -0.15) is 0 Å². The molecule has 3 aromatic carbocycles. The predicted octanol–water partition coefficient (Wildman–Crippen LogP) is 5.68. The van der Waals surface area contributed by atoms with E-state index < -0.39 is 17.8 Å². The molecule has 0 spiro atoms. The van der Waals surface area contributed by atoms with Crippen LogP contribution >= 0.6 is 11.6 Å². The highest BCUT2D eigenvalue weighted by Crippen LogP contribution is 2.31. The fourth-order valence-electron chi connectivity index (χ4n) is 4.30. The molecular weight excluding hydrogens is 518 g/mol. The largest absolute Gasteiger partial charge is 0.462 e. The van der Waals surface area contributed by atoms with Crippen LogP contribution in [0.25, 0.3) is 0 Å². The second-order valence-corrected chi connectivity index (χ2v) is 9.10. The fraction of sp³-hybridized carbons (Fsp3) is 0.200. The number of imide groups is 1. The summed E-state index contributed by atoms with van der Waals surface area (Å²) in [4.78, 5) is 52.3. The van der Waals surface area contributed by atoms with Crippen molar-refractivity contribution in [3.8, 4) is 0 Å². The monoisotopic (exact) mass is 545 g/mol. The van der Waals surface area contributed by atoms with E-state index in [4.69, 9.17) is 16.3 Å². The van der Waals surface area contributed by atoms with Crippen molar-refractivity contribution < 1.29 is 23.9 Å². The Labute approximate surface area is 231 Å². The Balaban J connectivity index is 1.55. The Morgan fingerprint density at radius 3 is 2.15 bits per heavy atom. The number of hydrogen-bond donors (Lipinski definition) is 2. The molecule has 0 aromatic heterocycles. The molecule has 0 fully saturated rings. The number of anilines is 3. The topological polar surface area (TPSA) is 105 Å². The van der Waals surface area contributed by atoms with Crippen molar-refractivity contribution in [1.29, 1.82) is 0 Å². The molecule has 8 nitrogen and oxygen atoms in total. The molecule has 3 aromatic rings. The minimum absolute atomic E-state index is 0.134. The standard InChI is InChI=1S/C30H28ClN3O5/c1-4-18-10-7-11-19(5-2)25(18)33-27(35)20-12-8-14-22(16-20)32-26-24(31)28(36)34(29(26)37)23-15-9-13-21(17-23)30(38)39-6-3/h7-17,32H,4-6H2,1-3H3,(H,33,35). The number of nitrogens with one attached hydrogen (secondary N) is 2. The lowest BCUT2D eigenvalue weighted by Crippen LogP contribution is -2.32. The number of nitrogens with zero attached hydrogens (tertiary/aromatic N) is 1. The van der Waals surface area contributed by atoms with Crippen molar-refractivity contribution in [1.82, 2.24) is 0 Å². The fourth-order valence-corrected chi connectivity index (χ4v) is 4.52. The van der Waals surface area contributed by atoms with Gasteiger partial charge in [0.25, 0.3) is 17.7 Å². The van der Waals surface area contributed by atoms with Gasteiger partial charge in [-0.15, -0.1) is 0 Å². The quantitative estimate of drug-likeness (QED) is 0.265. The van der Waals surface area contributed by atoms with Crippen molar-refractivity contribution >= 4 is 52.4 Å². The third-order valence-corrected chi connectivity index (χ3v) is 6.62. The van der Waals surface area contributed by atoms with Crippen LogP contribution in [0, 0.1) is 0 Å². The third kappa shape index (κ3) is 5.71. The second-order valence-electron chi connectivity index (χ2n) is 8.72. The maximum atomic E-state index is 13.2. The minimum Gasteiger partial charge on any atom is -0.462 e. The van der Waals surface area contributed by atoms with Gasteiger partial charge in [0.1, 0.15) is 10.7 Å². The first-order chi connectivity index (χ1) is 18.8. The number of halogens is 1. The number of amides is 3. The highest BCUT2D eigenvalue weighted by molar-refractivity contribution is 6.53. The smallest absolute Gasteiger partial charge is 0.338 e. The summed E-state index contributed by atoms with van der Waals surface area (Å²) >= 11 is 6.28. The van der Waals surface area contributed by atoms with Gasteiger partial charge < -0.3 is 15.4 Å². The van der Waals surface area contributed by atoms with Crippen LogP contribution in [0.2, 0.25) is 0 Å². The summed E-state index contributed by atoms with van der Waals surface area (Å²) in [5.41, 5.74) is 3.88. The van der Waals surface area contributed by atoms with Crippen molar-refractivity contribution in [3.05, 3.63) is 99.7 Å². The predicted molar refractivity (Wildman–Crippen MR) is 151 cm³/mol. The molecule has 0 saturated heterocycles. The molecule has 0 bridgehead atoms. The van der Waals surface area contributed by atoms with Gasteiger partial charge in [-0.1, -0.05) is 55.8 Å². The molecule has 0 radical (unpaired) electrons. The summed E-state index contributed by atoms with van der Waals surface area (Å²) in [6, 6.07) is 18.5. The van der Waals surface area contributed by atoms with Gasteiger partial charge in [-0.05, 0) is 67.3 Å². The lowest BCUT2D eigenvalue weighted by Gasteiger charge is -2.16. The van der Waals surface area contributed by atoms with E-state index in [0.717, 1.165) is 34.6 Å². The third-order valence-electron chi connectivity index (χ3n) is 6.27. The van der Waals surface area contributed by atoms with E-state index in [1.165, 1.54) is 18.2 Å². The molecule has 1 aliphatic heterocycles. The first kappa shape index (κ1) is 27.6. The van der Waals surface area contributed by atoms with Crippen LogP contribution in [-0.2, 0) is 27.2 Å². The average molecular weight is 546 g/mol. The molecule has 0 atom stereocenters. The van der Waals surface area contributed by atoms with Crippen molar-refractivity contribution in [3.63, 3.8) is 0 Å². The number of benzene rings is 3. The zero-order valence-electron chi connectivity index (χ0n) is 21.8. The Bertz CT molecular complexity index is 1480. The molecule has 3 amide bonds. The van der Waals surface area contributed by atoms with Crippen LogP contribution in [0.5, 0.6) is 0 Å². The van der Waals surface area contributed by atoms with Crippen molar-refractivity contribution in [2.24, 2.45) is 0 Å².